The van der Waals surface area contributed by atoms with Crippen molar-refractivity contribution in [2.75, 3.05) is 7.11 Å². The van der Waals surface area contributed by atoms with Gasteiger partial charge in [-0.15, -0.1) is 0 Å². The number of esters is 1. The highest BCUT2D eigenvalue weighted by atomic mass is 32.2. The van der Waals surface area contributed by atoms with Crippen LogP contribution in [0.25, 0.3) is 4.91 Å². The Kier molecular flexibility index (Phi) is 5.02. The van der Waals surface area contributed by atoms with Gasteiger partial charge in [0.1, 0.15) is 0 Å². The molecule has 3 heteroatoms. The summed E-state index contributed by atoms with van der Waals surface area (Å²) in [6.07, 6.45) is 2.09. The minimum absolute atomic E-state index is 0.309. The summed E-state index contributed by atoms with van der Waals surface area (Å²) in [5, 5.41) is 0. The Balaban J connectivity index is 2.15. The van der Waals surface area contributed by atoms with E-state index in [1.54, 1.807) is 23.9 Å². The molecule has 0 atom stereocenters. The average Bonchev–Trinajstić information content (AvgIpc) is 2.53. The Morgan fingerprint density at radius 3 is 2.20 bits per heavy atom. The van der Waals surface area contributed by atoms with Crippen LogP contribution in [0.1, 0.15) is 22.8 Å². The quantitative estimate of drug-likeness (QED) is 0.605. The lowest BCUT2D eigenvalue weighted by atomic mass is 10.2. The largest absolute Gasteiger partial charge is 0.465 e. The molecular formula is C17H16O2S. The van der Waals surface area contributed by atoms with E-state index in [4.69, 9.17) is 4.74 Å². The van der Waals surface area contributed by atoms with Gasteiger partial charge in [-0.05, 0) is 36.8 Å². The minimum Gasteiger partial charge on any atom is -0.465 e. The summed E-state index contributed by atoms with van der Waals surface area (Å²) in [6.45, 7) is 2.03. The van der Waals surface area contributed by atoms with Gasteiger partial charge in [0.05, 0.1) is 12.7 Å². The number of carbonyl (C=O) groups excluding carboxylic acids is 1. The SMILES string of the molecule is C/C=C(\Sc1ccc(C(=O)OC)cc1)c1ccccc1. The molecule has 0 saturated heterocycles. The van der Waals surface area contributed by atoms with Crippen molar-refractivity contribution in [2.24, 2.45) is 0 Å². The van der Waals surface area contributed by atoms with Gasteiger partial charge in [0, 0.05) is 9.80 Å². The van der Waals surface area contributed by atoms with Crippen LogP contribution in [0.3, 0.4) is 0 Å². The first-order valence-electron chi connectivity index (χ1n) is 6.32. The molecule has 0 aromatic heterocycles. The van der Waals surface area contributed by atoms with E-state index in [9.17, 15) is 4.79 Å². The molecule has 0 aliphatic carbocycles. The molecule has 0 radical (unpaired) electrons. The van der Waals surface area contributed by atoms with Gasteiger partial charge < -0.3 is 4.74 Å². The van der Waals surface area contributed by atoms with Crippen LogP contribution in [-0.4, -0.2) is 13.1 Å². The van der Waals surface area contributed by atoms with E-state index < -0.39 is 0 Å². The lowest BCUT2D eigenvalue weighted by Crippen LogP contribution is -2.00. The van der Waals surface area contributed by atoms with Gasteiger partial charge in [0.15, 0.2) is 0 Å². The second-order valence-electron chi connectivity index (χ2n) is 4.14. The van der Waals surface area contributed by atoms with Gasteiger partial charge in [-0.25, -0.2) is 4.79 Å². The molecule has 0 aliphatic heterocycles. The lowest BCUT2D eigenvalue weighted by molar-refractivity contribution is 0.0600. The molecule has 20 heavy (non-hydrogen) atoms. The van der Waals surface area contributed by atoms with Crippen LogP contribution in [-0.2, 0) is 4.74 Å². The van der Waals surface area contributed by atoms with Crippen LogP contribution in [0.4, 0.5) is 0 Å². The fourth-order valence-corrected chi connectivity index (χ4v) is 2.69. The number of ether oxygens (including phenoxy) is 1. The average molecular weight is 284 g/mol. The molecule has 0 bridgehead atoms. The van der Waals surface area contributed by atoms with Crippen LogP contribution in [0.5, 0.6) is 0 Å². The summed E-state index contributed by atoms with van der Waals surface area (Å²) in [4.78, 5) is 13.7. The summed E-state index contributed by atoms with van der Waals surface area (Å²) in [6, 6.07) is 17.7. The number of methoxy groups -OCH3 is 1. The molecular weight excluding hydrogens is 268 g/mol. The highest BCUT2D eigenvalue weighted by molar-refractivity contribution is 8.08. The number of rotatable bonds is 4. The van der Waals surface area contributed by atoms with Crippen molar-refractivity contribution < 1.29 is 9.53 Å². The van der Waals surface area contributed by atoms with Crippen LogP contribution in [0, 0.1) is 0 Å². The normalized spacial score (nSPS) is 11.2. The second-order valence-corrected chi connectivity index (χ2v) is 5.25. The van der Waals surface area contributed by atoms with Crippen molar-refractivity contribution in [1.29, 1.82) is 0 Å². The maximum atomic E-state index is 11.4. The summed E-state index contributed by atoms with van der Waals surface area (Å²) >= 11 is 1.68. The molecule has 2 rings (SSSR count). The van der Waals surface area contributed by atoms with Gasteiger partial charge in [-0.3, -0.25) is 0 Å². The standard InChI is InChI=1S/C17H16O2S/c1-3-16(13-7-5-4-6-8-13)20-15-11-9-14(10-12-15)17(18)19-2/h3-12H,1-2H3/b16-3-. The first kappa shape index (κ1) is 14.4. The van der Waals surface area contributed by atoms with Crippen molar-refractivity contribution in [3.05, 3.63) is 71.8 Å². The third kappa shape index (κ3) is 3.52. The first-order chi connectivity index (χ1) is 9.74. The highest BCUT2D eigenvalue weighted by Gasteiger charge is 2.06. The molecule has 0 saturated carbocycles. The number of thioether (sulfide) groups is 1. The third-order valence-corrected chi connectivity index (χ3v) is 4.02. The summed E-state index contributed by atoms with van der Waals surface area (Å²) in [7, 11) is 1.39. The van der Waals surface area contributed by atoms with E-state index in [-0.39, 0.29) is 5.97 Å². The predicted molar refractivity (Wildman–Crippen MR) is 83.7 cm³/mol. The fourth-order valence-electron chi connectivity index (χ4n) is 1.79. The Hall–Kier alpha value is -2.00. The summed E-state index contributed by atoms with van der Waals surface area (Å²) in [5.74, 6) is -0.309. The van der Waals surface area contributed by atoms with Crippen LogP contribution in [0.15, 0.2) is 65.6 Å². The van der Waals surface area contributed by atoms with Crippen LogP contribution < -0.4 is 0 Å². The predicted octanol–water partition coefficient (Wildman–Crippen LogP) is 4.63. The maximum absolute atomic E-state index is 11.4. The Morgan fingerprint density at radius 1 is 1.00 bits per heavy atom. The zero-order valence-electron chi connectivity index (χ0n) is 11.5. The van der Waals surface area contributed by atoms with Crippen molar-refractivity contribution in [3.8, 4) is 0 Å². The smallest absolute Gasteiger partial charge is 0.337 e. The van der Waals surface area contributed by atoms with E-state index in [1.807, 2.05) is 37.3 Å². The van der Waals surface area contributed by atoms with E-state index in [0.29, 0.717) is 5.56 Å². The number of carbonyl (C=O) groups is 1. The molecule has 2 nitrogen and oxygen atoms in total. The Labute approximate surface area is 123 Å². The second kappa shape index (κ2) is 6.96. The monoisotopic (exact) mass is 284 g/mol. The molecule has 0 amide bonds. The number of hydrogen-bond acceptors (Lipinski definition) is 3. The molecule has 0 heterocycles. The summed E-state index contributed by atoms with van der Waals surface area (Å²) < 4.78 is 4.69. The van der Waals surface area contributed by atoms with Crippen LogP contribution >= 0.6 is 11.8 Å². The topological polar surface area (TPSA) is 26.3 Å². The maximum Gasteiger partial charge on any atom is 0.337 e. The number of benzene rings is 2. The molecule has 0 N–H and O–H groups in total. The number of allylic oxidation sites excluding steroid dienone is 1. The molecule has 2 aromatic rings. The van der Waals surface area contributed by atoms with Gasteiger partial charge >= 0.3 is 5.97 Å². The van der Waals surface area contributed by atoms with Crippen LogP contribution in [0.2, 0.25) is 0 Å². The molecule has 0 unspecified atom stereocenters. The van der Waals surface area contributed by atoms with E-state index in [0.717, 1.165) is 4.90 Å². The zero-order valence-corrected chi connectivity index (χ0v) is 12.3. The molecule has 0 aliphatic rings. The molecule has 0 fully saturated rings. The molecule has 0 spiro atoms. The number of hydrogen-bond donors (Lipinski definition) is 0. The van der Waals surface area contributed by atoms with E-state index in [2.05, 4.69) is 18.2 Å². The Bertz CT molecular complexity index is 601. The molecule has 2 aromatic carbocycles. The highest BCUT2D eigenvalue weighted by Crippen LogP contribution is 2.34. The van der Waals surface area contributed by atoms with Gasteiger partial charge in [0.2, 0.25) is 0 Å². The minimum atomic E-state index is -0.309. The third-order valence-electron chi connectivity index (χ3n) is 2.82. The van der Waals surface area contributed by atoms with Gasteiger partial charge in [0.25, 0.3) is 0 Å². The fraction of sp³-hybridized carbons (Fsp3) is 0.118. The van der Waals surface area contributed by atoms with Gasteiger partial charge in [-0.2, -0.15) is 0 Å². The van der Waals surface area contributed by atoms with Crippen molar-refractivity contribution in [1.82, 2.24) is 0 Å². The van der Waals surface area contributed by atoms with Gasteiger partial charge in [-0.1, -0.05) is 48.2 Å². The zero-order chi connectivity index (χ0) is 14.4. The van der Waals surface area contributed by atoms with Crippen molar-refractivity contribution in [3.63, 3.8) is 0 Å². The van der Waals surface area contributed by atoms with Crippen molar-refractivity contribution >= 4 is 22.6 Å². The van der Waals surface area contributed by atoms with E-state index >= 15 is 0 Å². The first-order valence-corrected chi connectivity index (χ1v) is 7.14. The lowest BCUT2D eigenvalue weighted by Gasteiger charge is -2.07. The Morgan fingerprint density at radius 2 is 1.65 bits per heavy atom. The summed E-state index contributed by atoms with van der Waals surface area (Å²) in [5.41, 5.74) is 1.76. The van der Waals surface area contributed by atoms with Crippen molar-refractivity contribution in [2.45, 2.75) is 11.8 Å². The molecule has 102 valence electrons. The van der Waals surface area contributed by atoms with E-state index in [1.165, 1.54) is 17.6 Å².